The molecule has 2 heterocycles. The normalized spacial score (nSPS) is 14.9. The third kappa shape index (κ3) is 5.93. The van der Waals surface area contributed by atoms with Gasteiger partial charge in [0.2, 0.25) is 5.91 Å². The molecule has 2 aromatic carbocycles. The van der Waals surface area contributed by atoms with Crippen molar-refractivity contribution in [2.45, 2.75) is 51.1 Å². The van der Waals surface area contributed by atoms with E-state index in [-0.39, 0.29) is 11.8 Å². The minimum absolute atomic E-state index is 0.359. The van der Waals surface area contributed by atoms with Crippen molar-refractivity contribution in [1.82, 2.24) is 19.9 Å². The lowest BCUT2D eigenvalue weighted by molar-refractivity contribution is -0.131. The van der Waals surface area contributed by atoms with Crippen molar-refractivity contribution in [1.29, 1.82) is 0 Å². The fourth-order valence-corrected chi connectivity index (χ4v) is 5.05. The number of hydrogen-bond acceptors (Lipinski definition) is 4. The Morgan fingerprint density at radius 1 is 1.08 bits per heavy atom. The number of carboxylic acids is 1. The van der Waals surface area contributed by atoms with Gasteiger partial charge in [-0.1, -0.05) is 31.4 Å². The summed E-state index contributed by atoms with van der Waals surface area (Å²) in [6, 6.07) is 15.8. The Bertz CT molecular complexity index is 1510. The van der Waals surface area contributed by atoms with E-state index < -0.39 is 12.0 Å². The average molecular weight is 526 g/mol. The van der Waals surface area contributed by atoms with Crippen LogP contribution in [0.25, 0.3) is 28.6 Å². The molecule has 0 spiro atoms. The molecule has 9 heteroatoms. The standard InChI is InChI=1S/C30H31N5O4/c1-19(29(38)33-22-13-9-20(10-14-22)11-16-27(36)37)32-30(39)21-12-15-26-25(18-21)34-28(24-8-5-17-31-24)35(26)23-6-3-2-4-7-23/h5,8-19,23,31H,2-4,6-7H2,1H3,(H,32,39)(H,33,38)(H,36,37)/b16-11+/t19-/m1/s1. The molecule has 1 aliphatic carbocycles. The quantitative estimate of drug-likeness (QED) is 0.229. The maximum Gasteiger partial charge on any atom is 0.328 e. The molecule has 4 N–H and O–H groups in total. The molecule has 0 radical (unpaired) electrons. The summed E-state index contributed by atoms with van der Waals surface area (Å²) in [5.41, 5.74) is 4.35. The Labute approximate surface area is 226 Å². The number of aliphatic carboxylic acids is 1. The van der Waals surface area contributed by atoms with E-state index in [9.17, 15) is 14.4 Å². The number of fused-ring (bicyclic) bond motifs is 1. The summed E-state index contributed by atoms with van der Waals surface area (Å²) in [5.74, 6) is -0.887. The van der Waals surface area contributed by atoms with Crippen molar-refractivity contribution in [3.8, 4) is 11.5 Å². The van der Waals surface area contributed by atoms with Gasteiger partial charge >= 0.3 is 5.97 Å². The predicted molar refractivity (Wildman–Crippen MR) is 150 cm³/mol. The number of amides is 2. The largest absolute Gasteiger partial charge is 0.478 e. The number of H-pyrrole nitrogens is 1. The minimum Gasteiger partial charge on any atom is -0.478 e. The highest BCUT2D eigenvalue weighted by atomic mass is 16.4. The predicted octanol–water partition coefficient (Wildman–Crippen LogP) is 5.39. The van der Waals surface area contributed by atoms with Gasteiger partial charge in [-0.15, -0.1) is 0 Å². The lowest BCUT2D eigenvalue weighted by atomic mass is 9.95. The van der Waals surface area contributed by atoms with E-state index in [1.165, 1.54) is 25.3 Å². The summed E-state index contributed by atoms with van der Waals surface area (Å²) < 4.78 is 2.31. The third-order valence-electron chi connectivity index (χ3n) is 7.07. The Balaban J connectivity index is 1.30. The van der Waals surface area contributed by atoms with Gasteiger partial charge in [0.1, 0.15) is 6.04 Å². The maximum absolute atomic E-state index is 13.1. The molecule has 0 bridgehead atoms. The number of nitrogens with zero attached hydrogens (tertiary/aromatic N) is 2. The van der Waals surface area contributed by atoms with E-state index in [2.05, 4.69) is 20.2 Å². The molecule has 2 aromatic heterocycles. The van der Waals surface area contributed by atoms with Crippen LogP contribution in [0.15, 0.2) is 66.9 Å². The topological polar surface area (TPSA) is 129 Å². The van der Waals surface area contributed by atoms with Crippen molar-refractivity contribution < 1.29 is 19.5 Å². The molecule has 5 rings (SSSR count). The molecule has 9 nitrogen and oxygen atoms in total. The molecule has 39 heavy (non-hydrogen) atoms. The Morgan fingerprint density at radius 3 is 2.54 bits per heavy atom. The Kier molecular flexibility index (Phi) is 7.58. The monoisotopic (exact) mass is 525 g/mol. The molecule has 1 fully saturated rings. The summed E-state index contributed by atoms with van der Waals surface area (Å²) >= 11 is 0. The van der Waals surface area contributed by atoms with E-state index >= 15 is 0 Å². The number of nitrogens with one attached hydrogen (secondary N) is 3. The zero-order chi connectivity index (χ0) is 27.4. The zero-order valence-corrected chi connectivity index (χ0v) is 21.7. The second-order valence-corrected chi connectivity index (χ2v) is 9.86. The van der Waals surface area contributed by atoms with Crippen LogP contribution in [0.2, 0.25) is 0 Å². The van der Waals surface area contributed by atoms with Gasteiger partial charge in [0.15, 0.2) is 5.82 Å². The van der Waals surface area contributed by atoms with Crippen LogP contribution in [0.3, 0.4) is 0 Å². The second kappa shape index (κ2) is 11.4. The third-order valence-corrected chi connectivity index (χ3v) is 7.07. The summed E-state index contributed by atoms with van der Waals surface area (Å²) in [7, 11) is 0. The van der Waals surface area contributed by atoms with Gasteiger partial charge in [-0.2, -0.15) is 0 Å². The first kappa shape index (κ1) is 26.0. The number of anilines is 1. The van der Waals surface area contributed by atoms with Gasteiger partial charge in [-0.05, 0) is 73.9 Å². The Morgan fingerprint density at radius 2 is 1.85 bits per heavy atom. The SMILES string of the molecule is C[C@@H](NC(=O)c1ccc2c(c1)nc(-c1ccc[nH]1)n2C1CCCCC1)C(=O)Nc1ccc(/C=C/C(=O)O)cc1. The molecule has 0 saturated heterocycles. The highest BCUT2D eigenvalue weighted by molar-refractivity contribution is 6.02. The van der Waals surface area contributed by atoms with Crippen molar-refractivity contribution in [3.63, 3.8) is 0 Å². The number of rotatable bonds is 8. The first-order valence-corrected chi connectivity index (χ1v) is 13.2. The lowest BCUT2D eigenvalue weighted by Gasteiger charge is -2.25. The number of carbonyl (C=O) groups is 3. The van der Waals surface area contributed by atoms with Crippen molar-refractivity contribution in [3.05, 3.63) is 78.0 Å². The molecular weight excluding hydrogens is 494 g/mol. The van der Waals surface area contributed by atoms with E-state index in [4.69, 9.17) is 10.1 Å². The van der Waals surface area contributed by atoms with Crippen LogP contribution in [0.1, 0.15) is 61.0 Å². The number of benzene rings is 2. The van der Waals surface area contributed by atoms with Gasteiger partial charge < -0.3 is 25.3 Å². The molecular formula is C30H31N5O4. The first-order valence-electron chi connectivity index (χ1n) is 13.2. The van der Waals surface area contributed by atoms with Crippen LogP contribution >= 0.6 is 0 Å². The van der Waals surface area contributed by atoms with Gasteiger partial charge in [-0.3, -0.25) is 9.59 Å². The van der Waals surface area contributed by atoms with Gasteiger partial charge in [0, 0.05) is 29.6 Å². The average Bonchev–Trinajstić information content (AvgIpc) is 3.61. The molecule has 0 unspecified atom stereocenters. The van der Waals surface area contributed by atoms with E-state index in [0.717, 1.165) is 41.5 Å². The van der Waals surface area contributed by atoms with Crippen molar-refractivity contribution in [2.24, 2.45) is 0 Å². The molecule has 200 valence electrons. The number of carbonyl (C=O) groups excluding carboxylic acids is 2. The molecule has 4 aromatic rings. The lowest BCUT2D eigenvalue weighted by Crippen LogP contribution is -2.41. The van der Waals surface area contributed by atoms with E-state index in [0.29, 0.717) is 22.9 Å². The summed E-state index contributed by atoms with van der Waals surface area (Å²) in [5, 5.41) is 14.3. The number of aromatic amines is 1. The number of imidazole rings is 1. The van der Waals surface area contributed by atoms with Gasteiger partial charge in [0.05, 0.1) is 16.7 Å². The van der Waals surface area contributed by atoms with E-state index in [1.54, 1.807) is 43.3 Å². The summed E-state index contributed by atoms with van der Waals surface area (Å²) in [6.07, 6.45) is 10.3. The summed E-state index contributed by atoms with van der Waals surface area (Å²) in [4.78, 5) is 44.6. The fraction of sp³-hybridized carbons (Fsp3) is 0.267. The second-order valence-electron chi connectivity index (χ2n) is 9.86. The Hall–Kier alpha value is -4.66. The highest BCUT2D eigenvalue weighted by Crippen LogP contribution is 2.35. The minimum atomic E-state index is -1.03. The van der Waals surface area contributed by atoms with Crippen LogP contribution in [0.5, 0.6) is 0 Å². The van der Waals surface area contributed by atoms with Gasteiger partial charge in [0.25, 0.3) is 5.91 Å². The molecule has 2 amide bonds. The van der Waals surface area contributed by atoms with Crippen molar-refractivity contribution >= 4 is 40.6 Å². The highest BCUT2D eigenvalue weighted by Gasteiger charge is 2.24. The molecule has 1 aliphatic rings. The summed E-state index contributed by atoms with van der Waals surface area (Å²) in [6.45, 7) is 1.62. The van der Waals surface area contributed by atoms with Crippen LogP contribution in [-0.2, 0) is 9.59 Å². The maximum atomic E-state index is 13.1. The van der Waals surface area contributed by atoms with Crippen molar-refractivity contribution in [2.75, 3.05) is 5.32 Å². The van der Waals surface area contributed by atoms with Crippen LogP contribution < -0.4 is 10.6 Å². The fourth-order valence-electron chi connectivity index (χ4n) is 5.05. The molecule has 0 aliphatic heterocycles. The van der Waals surface area contributed by atoms with Gasteiger partial charge in [-0.25, -0.2) is 9.78 Å². The molecule has 1 atom stereocenters. The van der Waals surface area contributed by atoms with E-state index in [1.807, 2.05) is 24.4 Å². The number of carboxylic acid groups (broad SMARTS) is 1. The van der Waals surface area contributed by atoms with Crippen LogP contribution in [-0.4, -0.2) is 43.5 Å². The smallest absolute Gasteiger partial charge is 0.328 e. The zero-order valence-electron chi connectivity index (χ0n) is 21.7. The number of aromatic nitrogens is 3. The first-order chi connectivity index (χ1) is 18.9. The number of hydrogen-bond donors (Lipinski definition) is 4. The van der Waals surface area contributed by atoms with Crippen LogP contribution in [0.4, 0.5) is 5.69 Å². The van der Waals surface area contributed by atoms with Crippen LogP contribution in [0, 0.1) is 0 Å². The molecule has 1 saturated carbocycles.